The maximum Gasteiger partial charge on any atom is 0.240 e. The Kier molecular flexibility index (Phi) is 6.64. The second-order valence-corrected chi connectivity index (χ2v) is 7.20. The predicted octanol–water partition coefficient (Wildman–Crippen LogP) is 2.22. The molecule has 1 rings (SSSR count). The van der Waals surface area contributed by atoms with Gasteiger partial charge in [0.05, 0.1) is 11.0 Å². The molecule has 2 N–H and O–H groups in total. The third-order valence-electron chi connectivity index (χ3n) is 2.97. The molecular formula is C15H25NO4S. The first-order valence-electron chi connectivity index (χ1n) is 7.16. The van der Waals surface area contributed by atoms with E-state index in [1.807, 2.05) is 20.8 Å². The second kappa shape index (κ2) is 7.77. The quantitative estimate of drug-likeness (QED) is 0.771. The highest BCUT2D eigenvalue weighted by atomic mass is 32.2. The molecule has 0 saturated heterocycles. The van der Waals surface area contributed by atoms with Crippen molar-refractivity contribution in [2.24, 2.45) is 0 Å². The van der Waals surface area contributed by atoms with Crippen LogP contribution in [-0.2, 0) is 10.0 Å². The van der Waals surface area contributed by atoms with Crippen molar-refractivity contribution >= 4 is 10.0 Å². The number of hydrogen-bond donors (Lipinski definition) is 2. The number of sulfonamides is 1. The Morgan fingerprint density at radius 1 is 1.29 bits per heavy atom. The SMILES string of the molecule is Cc1cc(S(=O)(=O)NC(C)CCCO)ccc1OC(C)C. The third-order valence-corrected chi connectivity index (χ3v) is 4.56. The molecule has 1 aromatic rings. The largest absolute Gasteiger partial charge is 0.491 e. The first-order valence-corrected chi connectivity index (χ1v) is 8.65. The van der Waals surface area contributed by atoms with Gasteiger partial charge >= 0.3 is 0 Å². The van der Waals surface area contributed by atoms with Gasteiger partial charge in [-0.15, -0.1) is 0 Å². The minimum atomic E-state index is -3.54. The van der Waals surface area contributed by atoms with Crippen LogP contribution in [0.2, 0.25) is 0 Å². The van der Waals surface area contributed by atoms with Crippen LogP contribution in [0.25, 0.3) is 0 Å². The minimum absolute atomic E-state index is 0.0442. The van der Waals surface area contributed by atoms with Gasteiger partial charge in [0.15, 0.2) is 0 Å². The molecule has 0 aliphatic rings. The van der Waals surface area contributed by atoms with Gasteiger partial charge in [-0.05, 0) is 64.3 Å². The molecule has 0 amide bonds. The molecule has 0 spiro atoms. The van der Waals surface area contributed by atoms with Gasteiger partial charge in [-0.1, -0.05) is 0 Å². The summed E-state index contributed by atoms with van der Waals surface area (Å²) in [5.74, 6) is 0.692. The molecule has 1 atom stereocenters. The van der Waals surface area contributed by atoms with E-state index in [1.165, 1.54) is 0 Å². The van der Waals surface area contributed by atoms with E-state index in [4.69, 9.17) is 9.84 Å². The smallest absolute Gasteiger partial charge is 0.240 e. The standard InChI is InChI=1S/C15H25NO4S/c1-11(2)20-15-8-7-14(10-12(15)3)21(18,19)16-13(4)6-5-9-17/h7-8,10-11,13,16-17H,5-6,9H2,1-4H3. The van der Waals surface area contributed by atoms with E-state index >= 15 is 0 Å². The number of benzene rings is 1. The fourth-order valence-corrected chi connectivity index (χ4v) is 3.33. The number of hydrogen-bond acceptors (Lipinski definition) is 4. The summed E-state index contributed by atoms with van der Waals surface area (Å²) in [6.45, 7) is 7.53. The lowest BCUT2D eigenvalue weighted by molar-refractivity contribution is 0.240. The van der Waals surface area contributed by atoms with Crippen molar-refractivity contribution < 1.29 is 18.3 Å². The lowest BCUT2D eigenvalue weighted by atomic mass is 10.2. The van der Waals surface area contributed by atoms with Crippen LogP contribution < -0.4 is 9.46 Å². The average molecular weight is 315 g/mol. The van der Waals surface area contributed by atoms with Crippen LogP contribution in [0.5, 0.6) is 5.75 Å². The van der Waals surface area contributed by atoms with Crippen LogP contribution in [0.3, 0.4) is 0 Å². The van der Waals surface area contributed by atoms with E-state index < -0.39 is 10.0 Å². The average Bonchev–Trinajstić information content (AvgIpc) is 2.37. The Labute approximate surface area is 127 Å². The lowest BCUT2D eigenvalue weighted by Gasteiger charge is -2.16. The zero-order valence-corrected chi connectivity index (χ0v) is 13.9. The summed E-state index contributed by atoms with van der Waals surface area (Å²) in [5.41, 5.74) is 0.787. The molecule has 120 valence electrons. The number of aliphatic hydroxyl groups excluding tert-OH is 1. The molecule has 6 heteroatoms. The predicted molar refractivity (Wildman–Crippen MR) is 83.0 cm³/mol. The zero-order chi connectivity index (χ0) is 16.0. The van der Waals surface area contributed by atoms with Crippen LogP contribution >= 0.6 is 0 Å². The third kappa shape index (κ3) is 5.65. The summed E-state index contributed by atoms with van der Waals surface area (Å²) in [6, 6.07) is 4.63. The van der Waals surface area contributed by atoms with Gasteiger partial charge in [-0.2, -0.15) is 0 Å². The highest BCUT2D eigenvalue weighted by molar-refractivity contribution is 7.89. The van der Waals surface area contributed by atoms with Crippen LogP contribution in [0.15, 0.2) is 23.1 Å². The Balaban J connectivity index is 2.86. The Hall–Kier alpha value is -1.11. The van der Waals surface area contributed by atoms with Crippen LogP contribution in [-0.4, -0.2) is 32.3 Å². The lowest BCUT2D eigenvalue weighted by Crippen LogP contribution is -2.32. The van der Waals surface area contributed by atoms with E-state index in [0.29, 0.717) is 18.6 Å². The molecule has 0 heterocycles. The van der Waals surface area contributed by atoms with Crippen molar-refractivity contribution in [2.45, 2.75) is 57.6 Å². The zero-order valence-electron chi connectivity index (χ0n) is 13.1. The second-order valence-electron chi connectivity index (χ2n) is 5.48. The fraction of sp³-hybridized carbons (Fsp3) is 0.600. The molecule has 5 nitrogen and oxygen atoms in total. The highest BCUT2D eigenvalue weighted by Crippen LogP contribution is 2.23. The summed E-state index contributed by atoms with van der Waals surface area (Å²) in [4.78, 5) is 0.229. The van der Waals surface area contributed by atoms with Crippen molar-refractivity contribution in [3.05, 3.63) is 23.8 Å². The van der Waals surface area contributed by atoms with Gasteiger partial charge < -0.3 is 9.84 Å². The Morgan fingerprint density at radius 3 is 2.48 bits per heavy atom. The Morgan fingerprint density at radius 2 is 1.95 bits per heavy atom. The van der Waals surface area contributed by atoms with Crippen molar-refractivity contribution in [3.63, 3.8) is 0 Å². The molecule has 0 fully saturated rings. The van der Waals surface area contributed by atoms with E-state index in [2.05, 4.69) is 4.72 Å². The summed E-state index contributed by atoms with van der Waals surface area (Å²) in [7, 11) is -3.54. The molecule has 0 aliphatic carbocycles. The monoisotopic (exact) mass is 315 g/mol. The first-order chi connectivity index (χ1) is 9.76. The van der Waals surface area contributed by atoms with Crippen LogP contribution in [0.1, 0.15) is 39.2 Å². The molecule has 0 bridgehead atoms. The summed E-state index contributed by atoms with van der Waals surface area (Å²) < 4.78 is 32.8. The van der Waals surface area contributed by atoms with Crippen molar-refractivity contribution in [2.75, 3.05) is 6.61 Å². The number of aliphatic hydroxyl groups is 1. The van der Waals surface area contributed by atoms with Gasteiger partial charge in [0.25, 0.3) is 0 Å². The van der Waals surface area contributed by atoms with Gasteiger partial charge in [0, 0.05) is 12.6 Å². The number of rotatable bonds is 8. The van der Waals surface area contributed by atoms with Gasteiger partial charge in [0.1, 0.15) is 5.75 Å². The molecular weight excluding hydrogens is 290 g/mol. The number of nitrogens with one attached hydrogen (secondary N) is 1. The molecule has 0 radical (unpaired) electrons. The van der Waals surface area contributed by atoms with Crippen molar-refractivity contribution in [1.29, 1.82) is 0 Å². The summed E-state index contributed by atoms with van der Waals surface area (Å²) in [6.07, 6.45) is 1.22. The summed E-state index contributed by atoms with van der Waals surface area (Å²) >= 11 is 0. The molecule has 0 aromatic heterocycles. The molecule has 0 saturated carbocycles. The van der Waals surface area contributed by atoms with Crippen molar-refractivity contribution in [1.82, 2.24) is 4.72 Å². The van der Waals surface area contributed by atoms with E-state index in [1.54, 1.807) is 25.1 Å². The first kappa shape index (κ1) is 17.9. The van der Waals surface area contributed by atoms with Crippen LogP contribution in [0.4, 0.5) is 0 Å². The molecule has 1 unspecified atom stereocenters. The minimum Gasteiger partial charge on any atom is -0.491 e. The number of aryl methyl sites for hydroxylation is 1. The molecule has 0 aliphatic heterocycles. The molecule has 21 heavy (non-hydrogen) atoms. The maximum absolute atomic E-state index is 12.3. The van der Waals surface area contributed by atoms with Gasteiger partial charge in [-0.3, -0.25) is 0 Å². The van der Waals surface area contributed by atoms with E-state index in [-0.39, 0.29) is 23.6 Å². The molecule has 1 aromatic carbocycles. The van der Waals surface area contributed by atoms with E-state index in [0.717, 1.165) is 5.56 Å². The normalized spacial score (nSPS) is 13.4. The fourth-order valence-electron chi connectivity index (χ4n) is 1.96. The van der Waals surface area contributed by atoms with Crippen LogP contribution in [0, 0.1) is 6.92 Å². The van der Waals surface area contributed by atoms with Crippen molar-refractivity contribution in [3.8, 4) is 5.75 Å². The summed E-state index contributed by atoms with van der Waals surface area (Å²) in [5, 5.41) is 8.78. The number of ether oxygens (including phenoxy) is 1. The Bertz CT molecular complexity index is 555. The topological polar surface area (TPSA) is 75.6 Å². The highest BCUT2D eigenvalue weighted by Gasteiger charge is 2.18. The maximum atomic E-state index is 12.3. The van der Waals surface area contributed by atoms with Gasteiger partial charge in [-0.25, -0.2) is 13.1 Å². The van der Waals surface area contributed by atoms with Gasteiger partial charge in [0.2, 0.25) is 10.0 Å². The van der Waals surface area contributed by atoms with E-state index in [9.17, 15) is 8.42 Å².